The van der Waals surface area contributed by atoms with Crippen molar-refractivity contribution >= 4 is 56.3 Å². The minimum atomic E-state index is -3.59. The predicted molar refractivity (Wildman–Crippen MR) is 122 cm³/mol. The number of hydrogen-bond acceptors (Lipinski definition) is 5. The van der Waals surface area contributed by atoms with E-state index >= 15 is 0 Å². The van der Waals surface area contributed by atoms with Gasteiger partial charge < -0.3 is 5.32 Å². The topological polar surface area (TPSA) is 75.3 Å². The van der Waals surface area contributed by atoms with Crippen LogP contribution in [0.25, 0.3) is 0 Å². The molecule has 5 nitrogen and oxygen atoms in total. The first-order valence-electron chi connectivity index (χ1n) is 8.71. The average Bonchev–Trinajstić information content (AvgIpc) is 3.25. The quantitative estimate of drug-likeness (QED) is 0.441. The summed E-state index contributed by atoms with van der Waals surface area (Å²) in [6.45, 7) is 0.545. The molecule has 0 aliphatic carbocycles. The molecule has 0 radical (unpaired) electrons. The maximum Gasteiger partial charge on any atom is 0.271 e. The zero-order valence-electron chi connectivity index (χ0n) is 15.3. The molecule has 3 aromatic rings. The van der Waals surface area contributed by atoms with Crippen molar-refractivity contribution in [1.29, 1.82) is 0 Å². The van der Waals surface area contributed by atoms with E-state index in [9.17, 15) is 13.2 Å². The molecule has 0 bridgehead atoms. The fourth-order valence-corrected chi connectivity index (χ4v) is 5.42. The molecular weight excluding hydrogens is 448 g/mol. The van der Waals surface area contributed by atoms with Gasteiger partial charge in [-0.15, -0.1) is 11.3 Å². The summed E-state index contributed by atoms with van der Waals surface area (Å²) in [5.74, 6) is 1.45. The highest BCUT2D eigenvalue weighted by Crippen LogP contribution is 2.20. The molecular formula is C20H19ClN2O3S3. The number of halogens is 1. The van der Waals surface area contributed by atoms with Crippen LogP contribution in [0, 0.1) is 0 Å². The molecule has 0 aliphatic rings. The van der Waals surface area contributed by atoms with Crippen LogP contribution in [0.3, 0.4) is 0 Å². The number of carbonyl (C=O) groups excluding carboxylic acids is 1. The van der Waals surface area contributed by atoms with Gasteiger partial charge in [0.25, 0.3) is 15.9 Å². The standard InChI is InChI=1S/C20H19ClN2O3S3/c21-17-7-3-15(4-8-17)14-27-13-11-22-20(24)16-5-9-18(10-6-16)23-29(25,26)19-2-1-12-28-19/h1-10,12,23H,11,13-14H2,(H,22,24). The van der Waals surface area contributed by atoms with Crippen LogP contribution in [0.2, 0.25) is 5.02 Å². The maximum absolute atomic E-state index is 12.2. The Labute approximate surface area is 183 Å². The van der Waals surface area contributed by atoms with Gasteiger partial charge in [-0.3, -0.25) is 9.52 Å². The molecule has 0 atom stereocenters. The van der Waals surface area contributed by atoms with Crippen molar-refractivity contribution in [3.63, 3.8) is 0 Å². The summed E-state index contributed by atoms with van der Waals surface area (Å²) in [7, 11) is -3.59. The highest BCUT2D eigenvalue weighted by atomic mass is 35.5. The molecule has 152 valence electrons. The molecule has 0 saturated heterocycles. The summed E-state index contributed by atoms with van der Waals surface area (Å²) in [5, 5.41) is 5.29. The fourth-order valence-electron chi connectivity index (χ4n) is 2.42. The lowest BCUT2D eigenvalue weighted by molar-refractivity contribution is 0.0956. The smallest absolute Gasteiger partial charge is 0.271 e. The Bertz CT molecular complexity index is 1040. The van der Waals surface area contributed by atoms with E-state index in [-0.39, 0.29) is 10.1 Å². The van der Waals surface area contributed by atoms with E-state index in [4.69, 9.17) is 11.6 Å². The highest BCUT2D eigenvalue weighted by molar-refractivity contribution is 7.98. The molecule has 0 spiro atoms. The number of hydrogen-bond donors (Lipinski definition) is 2. The minimum Gasteiger partial charge on any atom is -0.351 e. The van der Waals surface area contributed by atoms with Crippen LogP contribution in [0.1, 0.15) is 15.9 Å². The van der Waals surface area contributed by atoms with E-state index in [1.54, 1.807) is 53.5 Å². The second kappa shape index (κ2) is 10.2. The number of rotatable bonds is 9. The lowest BCUT2D eigenvalue weighted by atomic mass is 10.2. The number of thioether (sulfide) groups is 1. The SMILES string of the molecule is O=C(NCCSCc1ccc(Cl)cc1)c1ccc(NS(=O)(=O)c2cccs2)cc1. The van der Waals surface area contributed by atoms with Crippen LogP contribution in [-0.2, 0) is 15.8 Å². The van der Waals surface area contributed by atoms with Crippen LogP contribution in [0.5, 0.6) is 0 Å². The number of thiophene rings is 1. The summed E-state index contributed by atoms with van der Waals surface area (Å²) in [4.78, 5) is 12.2. The molecule has 2 N–H and O–H groups in total. The van der Waals surface area contributed by atoms with Gasteiger partial charge in [0, 0.05) is 34.3 Å². The molecule has 0 unspecified atom stereocenters. The number of carbonyl (C=O) groups is 1. The Kier molecular flexibility index (Phi) is 7.60. The molecule has 0 fully saturated rings. The number of nitrogens with one attached hydrogen (secondary N) is 2. The molecule has 9 heteroatoms. The zero-order valence-corrected chi connectivity index (χ0v) is 18.5. The second-order valence-electron chi connectivity index (χ2n) is 6.05. The van der Waals surface area contributed by atoms with Gasteiger partial charge in [0.15, 0.2) is 0 Å². The fraction of sp³-hybridized carbons (Fsp3) is 0.150. The van der Waals surface area contributed by atoms with E-state index < -0.39 is 10.0 Å². The summed E-state index contributed by atoms with van der Waals surface area (Å²) in [6.07, 6.45) is 0. The van der Waals surface area contributed by atoms with Crippen LogP contribution in [0.4, 0.5) is 5.69 Å². The normalized spacial score (nSPS) is 11.2. The second-order valence-corrected chi connectivity index (χ2v) is 10.4. The molecule has 3 rings (SSSR count). The van der Waals surface area contributed by atoms with Crippen molar-refractivity contribution < 1.29 is 13.2 Å². The van der Waals surface area contributed by atoms with Crippen molar-refractivity contribution in [3.8, 4) is 0 Å². The third-order valence-electron chi connectivity index (χ3n) is 3.87. The van der Waals surface area contributed by atoms with Crippen molar-refractivity contribution in [2.75, 3.05) is 17.0 Å². The molecule has 1 amide bonds. The lowest BCUT2D eigenvalue weighted by Gasteiger charge is -2.08. The first-order valence-corrected chi connectivity index (χ1v) is 12.6. The van der Waals surface area contributed by atoms with Crippen LogP contribution in [-0.4, -0.2) is 26.6 Å². The zero-order chi connectivity index (χ0) is 20.7. The average molecular weight is 467 g/mol. The third kappa shape index (κ3) is 6.50. The molecule has 0 saturated carbocycles. The predicted octanol–water partition coefficient (Wildman–Crippen LogP) is 4.87. The Hall–Kier alpha value is -2.00. The summed E-state index contributed by atoms with van der Waals surface area (Å²) < 4.78 is 27.2. The first kappa shape index (κ1) is 21.7. The molecule has 29 heavy (non-hydrogen) atoms. The van der Waals surface area contributed by atoms with E-state index in [2.05, 4.69) is 10.0 Å². The minimum absolute atomic E-state index is 0.190. The van der Waals surface area contributed by atoms with Crippen molar-refractivity contribution in [2.45, 2.75) is 9.96 Å². The van der Waals surface area contributed by atoms with E-state index in [1.165, 1.54) is 5.56 Å². The molecule has 1 heterocycles. The molecule has 1 aromatic heterocycles. The largest absolute Gasteiger partial charge is 0.351 e. The monoisotopic (exact) mass is 466 g/mol. The van der Waals surface area contributed by atoms with Gasteiger partial charge in [-0.2, -0.15) is 11.8 Å². The van der Waals surface area contributed by atoms with Gasteiger partial charge in [-0.1, -0.05) is 29.8 Å². The van der Waals surface area contributed by atoms with Gasteiger partial charge in [-0.05, 0) is 53.4 Å². The van der Waals surface area contributed by atoms with Gasteiger partial charge in [0.1, 0.15) is 4.21 Å². The van der Waals surface area contributed by atoms with Gasteiger partial charge in [-0.25, -0.2) is 8.42 Å². The van der Waals surface area contributed by atoms with Gasteiger partial charge in [0.05, 0.1) is 0 Å². The van der Waals surface area contributed by atoms with Gasteiger partial charge >= 0.3 is 0 Å². The Morgan fingerprint density at radius 1 is 1.03 bits per heavy atom. The Morgan fingerprint density at radius 2 is 1.76 bits per heavy atom. The van der Waals surface area contributed by atoms with Crippen LogP contribution in [0.15, 0.2) is 70.3 Å². The highest BCUT2D eigenvalue weighted by Gasteiger charge is 2.15. The summed E-state index contributed by atoms with van der Waals surface area (Å²) in [6, 6.07) is 17.3. The van der Waals surface area contributed by atoms with E-state index in [0.29, 0.717) is 17.8 Å². The lowest BCUT2D eigenvalue weighted by Crippen LogP contribution is -2.25. The van der Waals surface area contributed by atoms with Crippen molar-refractivity contribution in [3.05, 3.63) is 82.2 Å². The van der Waals surface area contributed by atoms with Crippen LogP contribution >= 0.6 is 34.7 Å². The van der Waals surface area contributed by atoms with Crippen molar-refractivity contribution in [1.82, 2.24) is 5.32 Å². The summed E-state index contributed by atoms with van der Waals surface area (Å²) >= 11 is 8.74. The van der Waals surface area contributed by atoms with Gasteiger partial charge in [0.2, 0.25) is 0 Å². The Balaban J connectivity index is 1.43. The molecule has 2 aromatic carbocycles. The number of anilines is 1. The third-order valence-corrected chi connectivity index (χ3v) is 7.93. The van der Waals surface area contributed by atoms with E-state index in [1.807, 2.05) is 24.3 Å². The Morgan fingerprint density at radius 3 is 2.41 bits per heavy atom. The van der Waals surface area contributed by atoms with Crippen molar-refractivity contribution in [2.24, 2.45) is 0 Å². The van der Waals surface area contributed by atoms with E-state index in [0.717, 1.165) is 27.9 Å². The maximum atomic E-state index is 12.2. The first-order chi connectivity index (χ1) is 13.9. The number of sulfonamides is 1. The summed E-state index contributed by atoms with van der Waals surface area (Å²) in [5.41, 5.74) is 2.08. The van der Waals surface area contributed by atoms with Crippen LogP contribution < -0.4 is 10.0 Å². The molecule has 0 aliphatic heterocycles. The number of benzene rings is 2. The number of amides is 1.